The third-order valence-corrected chi connectivity index (χ3v) is 4.35. The van der Waals surface area contributed by atoms with Crippen LogP contribution in [0.15, 0.2) is 66.7 Å². The lowest BCUT2D eigenvalue weighted by molar-refractivity contribution is -0.118. The number of nitriles is 1. The summed E-state index contributed by atoms with van der Waals surface area (Å²) in [5.74, 6) is 0.226. The SMILES string of the molecule is CCOc1cc(C#N)cc(Cl)c1OCC(=O)Nc1ccccc1-c1ccccc1. The van der Waals surface area contributed by atoms with E-state index < -0.39 is 0 Å². The normalized spacial score (nSPS) is 10.1. The van der Waals surface area contributed by atoms with Crippen LogP contribution in [0.25, 0.3) is 11.1 Å². The van der Waals surface area contributed by atoms with E-state index in [0.717, 1.165) is 11.1 Å². The van der Waals surface area contributed by atoms with Crippen molar-refractivity contribution in [3.63, 3.8) is 0 Å². The van der Waals surface area contributed by atoms with Gasteiger partial charge in [-0.15, -0.1) is 0 Å². The summed E-state index contributed by atoms with van der Waals surface area (Å²) in [6.45, 7) is 1.93. The molecule has 0 saturated heterocycles. The first-order valence-corrected chi connectivity index (χ1v) is 9.43. The number of hydrogen-bond donors (Lipinski definition) is 1. The van der Waals surface area contributed by atoms with Crippen LogP contribution in [-0.4, -0.2) is 19.1 Å². The van der Waals surface area contributed by atoms with Crippen LogP contribution in [0.3, 0.4) is 0 Å². The summed E-state index contributed by atoms with van der Waals surface area (Å²) in [6.07, 6.45) is 0. The van der Waals surface area contributed by atoms with Gasteiger partial charge in [-0.2, -0.15) is 5.26 Å². The van der Waals surface area contributed by atoms with Crippen molar-refractivity contribution in [1.82, 2.24) is 0 Å². The zero-order valence-electron chi connectivity index (χ0n) is 15.8. The Bertz CT molecular complexity index is 1050. The van der Waals surface area contributed by atoms with Gasteiger partial charge in [0.05, 0.1) is 23.3 Å². The minimum absolute atomic E-state index is 0.213. The fourth-order valence-corrected chi connectivity index (χ4v) is 3.09. The molecule has 146 valence electrons. The maximum atomic E-state index is 12.5. The van der Waals surface area contributed by atoms with Gasteiger partial charge in [0.1, 0.15) is 0 Å². The Labute approximate surface area is 174 Å². The molecule has 0 fully saturated rings. The molecule has 0 radical (unpaired) electrons. The van der Waals surface area contributed by atoms with Crippen LogP contribution in [0.5, 0.6) is 11.5 Å². The van der Waals surface area contributed by atoms with Crippen LogP contribution in [0.1, 0.15) is 12.5 Å². The molecular weight excluding hydrogens is 388 g/mol. The van der Waals surface area contributed by atoms with Gasteiger partial charge in [-0.3, -0.25) is 4.79 Å². The molecule has 0 aromatic heterocycles. The van der Waals surface area contributed by atoms with Crippen molar-refractivity contribution in [2.45, 2.75) is 6.92 Å². The van der Waals surface area contributed by atoms with Crippen LogP contribution in [0.2, 0.25) is 5.02 Å². The molecule has 0 spiro atoms. The van der Waals surface area contributed by atoms with Crippen molar-refractivity contribution in [3.8, 4) is 28.7 Å². The number of hydrogen-bond acceptors (Lipinski definition) is 4. The summed E-state index contributed by atoms with van der Waals surface area (Å²) in [6, 6.07) is 22.4. The molecule has 0 aliphatic carbocycles. The second-order valence-corrected chi connectivity index (χ2v) is 6.49. The first kappa shape index (κ1) is 20.2. The van der Waals surface area contributed by atoms with E-state index in [9.17, 15) is 4.79 Å². The number of anilines is 1. The Morgan fingerprint density at radius 2 is 1.79 bits per heavy atom. The summed E-state index contributed by atoms with van der Waals surface area (Å²) in [5, 5.41) is 12.2. The van der Waals surface area contributed by atoms with Crippen LogP contribution >= 0.6 is 11.6 Å². The van der Waals surface area contributed by atoms with E-state index in [0.29, 0.717) is 23.6 Å². The topological polar surface area (TPSA) is 71.3 Å². The molecule has 0 aliphatic heterocycles. The molecule has 1 amide bonds. The van der Waals surface area contributed by atoms with Crippen molar-refractivity contribution in [2.75, 3.05) is 18.5 Å². The molecule has 3 aromatic carbocycles. The molecule has 0 atom stereocenters. The lowest BCUT2D eigenvalue weighted by Gasteiger charge is -2.15. The van der Waals surface area contributed by atoms with Crippen molar-refractivity contribution < 1.29 is 14.3 Å². The van der Waals surface area contributed by atoms with Crippen molar-refractivity contribution >= 4 is 23.2 Å². The third-order valence-electron chi connectivity index (χ3n) is 4.07. The van der Waals surface area contributed by atoms with Crippen LogP contribution < -0.4 is 14.8 Å². The third kappa shape index (κ3) is 5.07. The molecule has 3 aromatic rings. The summed E-state index contributed by atoms with van der Waals surface area (Å²) in [7, 11) is 0. The predicted molar refractivity (Wildman–Crippen MR) is 113 cm³/mol. The van der Waals surface area contributed by atoms with E-state index in [1.807, 2.05) is 67.6 Å². The number of benzene rings is 3. The highest BCUT2D eigenvalue weighted by Crippen LogP contribution is 2.36. The molecule has 29 heavy (non-hydrogen) atoms. The fourth-order valence-electron chi connectivity index (χ4n) is 2.82. The van der Waals surface area contributed by atoms with Crippen molar-refractivity contribution in [1.29, 1.82) is 5.26 Å². The van der Waals surface area contributed by atoms with Crippen LogP contribution in [-0.2, 0) is 4.79 Å². The molecule has 0 bridgehead atoms. The number of carbonyl (C=O) groups is 1. The zero-order chi connectivity index (χ0) is 20.6. The van der Waals surface area contributed by atoms with Gasteiger partial charge in [-0.25, -0.2) is 0 Å². The predicted octanol–water partition coefficient (Wildman–Crippen LogP) is 5.29. The minimum Gasteiger partial charge on any atom is -0.490 e. The molecule has 1 N–H and O–H groups in total. The lowest BCUT2D eigenvalue weighted by Crippen LogP contribution is -2.21. The molecule has 0 saturated carbocycles. The number of ether oxygens (including phenoxy) is 2. The number of nitrogens with zero attached hydrogens (tertiary/aromatic N) is 1. The molecule has 5 nitrogen and oxygen atoms in total. The fraction of sp³-hybridized carbons (Fsp3) is 0.130. The van der Waals surface area contributed by atoms with Gasteiger partial charge in [0.25, 0.3) is 5.91 Å². The average molecular weight is 407 g/mol. The summed E-state index contributed by atoms with van der Waals surface area (Å²) in [4.78, 5) is 12.5. The van der Waals surface area contributed by atoms with E-state index in [1.165, 1.54) is 12.1 Å². The molecule has 3 rings (SSSR count). The Morgan fingerprint density at radius 1 is 1.07 bits per heavy atom. The first-order valence-electron chi connectivity index (χ1n) is 9.06. The Hall–Kier alpha value is -3.49. The van der Waals surface area contributed by atoms with Gasteiger partial charge in [0, 0.05) is 17.3 Å². The van der Waals surface area contributed by atoms with Crippen molar-refractivity contribution in [3.05, 3.63) is 77.3 Å². The highest BCUT2D eigenvalue weighted by atomic mass is 35.5. The van der Waals surface area contributed by atoms with E-state index in [-0.39, 0.29) is 23.3 Å². The lowest BCUT2D eigenvalue weighted by atomic mass is 10.0. The van der Waals surface area contributed by atoms with E-state index >= 15 is 0 Å². The van der Waals surface area contributed by atoms with E-state index in [1.54, 1.807) is 0 Å². The van der Waals surface area contributed by atoms with Gasteiger partial charge >= 0.3 is 0 Å². The smallest absolute Gasteiger partial charge is 0.262 e. The monoisotopic (exact) mass is 406 g/mol. The standard InChI is InChI=1S/C23H19ClN2O3/c1-2-28-21-13-16(14-25)12-19(24)23(21)29-15-22(27)26-20-11-7-6-10-18(20)17-8-4-3-5-9-17/h3-13H,2,15H2,1H3,(H,26,27). The number of amides is 1. The Kier molecular flexibility index (Phi) is 6.72. The van der Waals surface area contributed by atoms with E-state index in [2.05, 4.69) is 5.32 Å². The number of carbonyl (C=O) groups excluding carboxylic acids is 1. The van der Waals surface area contributed by atoms with Crippen molar-refractivity contribution in [2.24, 2.45) is 0 Å². The summed E-state index contributed by atoms with van der Waals surface area (Å²) >= 11 is 6.21. The highest BCUT2D eigenvalue weighted by molar-refractivity contribution is 6.32. The molecule has 0 aliphatic rings. The molecule has 0 unspecified atom stereocenters. The maximum absolute atomic E-state index is 12.5. The molecular formula is C23H19ClN2O3. The van der Waals surface area contributed by atoms with Gasteiger partial charge in [-0.05, 0) is 24.6 Å². The average Bonchev–Trinajstić information content (AvgIpc) is 2.74. The number of rotatable bonds is 7. The van der Waals surface area contributed by atoms with Gasteiger partial charge in [0.15, 0.2) is 18.1 Å². The first-order chi connectivity index (χ1) is 14.1. The van der Waals surface area contributed by atoms with Gasteiger partial charge < -0.3 is 14.8 Å². The number of para-hydroxylation sites is 1. The van der Waals surface area contributed by atoms with Gasteiger partial charge in [-0.1, -0.05) is 60.1 Å². The summed E-state index contributed by atoms with van der Waals surface area (Å²) in [5.41, 5.74) is 2.95. The van der Waals surface area contributed by atoms with Crippen LogP contribution in [0, 0.1) is 11.3 Å². The number of halogens is 1. The number of nitrogens with one attached hydrogen (secondary N) is 1. The quantitative estimate of drug-likeness (QED) is 0.578. The maximum Gasteiger partial charge on any atom is 0.262 e. The molecule has 6 heteroatoms. The zero-order valence-corrected chi connectivity index (χ0v) is 16.6. The Morgan fingerprint density at radius 3 is 2.52 bits per heavy atom. The highest BCUT2D eigenvalue weighted by Gasteiger charge is 2.15. The molecule has 0 heterocycles. The summed E-state index contributed by atoms with van der Waals surface area (Å²) < 4.78 is 11.1. The van der Waals surface area contributed by atoms with E-state index in [4.69, 9.17) is 26.3 Å². The second kappa shape index (κ2) is 9.63. The minimum atomic E-state index is -0.337. The largest absolute Gasteiger partial charge is 0.490 e. The second-order valence-electron chi connectivity index (χ2n) is 6.08. The van der Waals surface area contributed by atoms with Crippen LogP contribution in [0.4, 0.5) is 5.69 Å². The Balaban J connectivity index is 1.75. The van der Waals surface area contributed by atoms with Gasteiger partial charge in [0.2, 0.25) is 0 Å².